The minimum atomic E-state index is 0. The maximum absolute atomic E-state index is 5.73. The van der Waals surface area contributed by atoms with Gasteiger partial charge in [-0.15, -0.1) is 24.0 Å². The lowest BCUT2D eigenvalue weighted by Gasteiger charge is -2.20. The van der Waals surface area contributed by atoms with Gasteiger partial charge in [0.15, 0.2) is 23.3 Å². The Kier molecular flexibility index (Phi) is 12.3. The molecule has 0 amide bonds. The van der Waals surface area contributed by atoms with Gasteiger partial charge in [-0.25, -0.2) is 0 Å². The van der Waals surface area contributed by atoms with Crippen LogP contribution in [0.25, 0.3) is 0 Å². The van der Waals surface area contributed by atoms with Gasteiger partial charge < -0.3 is 24.6 Å². The number of aryl methyl sites for hydroxylation is 1. The van der Waals surface area contributed by atoms with Crippen molar-refractivity contribution in [3.05, 3.63) is 35.5 Å². The zero-order valence-corrected chi connectivity index (χ0v) is 21.7. The first-order chi connectivity index (χ1) is 14.5. The van der Waals surface area contributed by atoms with E-state index in [2.05, 4.69) is 46.5 Å². The van der Waals surface area contributed by atoms with Gasteiger partial charge in [-0.2, -0.15) is 4.98 Å². The molecule has 0 radical (unpaired) electrons. The maximum Gasteiger partial charge on any atom is 0.226 e. The summed E-state index contributed by atoms with van der Waals surface area (Å²) in [5.74, 6) is 3.97. The molecule has 0 aliphatic carbocycles. The normalized spacial score (nSPS) is 12.3. The van der Waals surface area contributed by atoms with E-state index in [0.717, 1.165) is 48.2 Å². The number of aromatic nitrogens is 2. The predicted octanol–water partition coefficient (Wildman–Crippen LogP) is 4.47. The molecule has 2 N–H and O–H groups in total. The van der Waals surface area contributed by atoms with Crippen LogP contribution in [0.2, 0.25) is 0 Å². The van der Waals surface area contributed by atoms with Gasteiger partial charge in [0.05, 0.1) is 19.3 Å². The molecule has 2 aromatic rings. The minimum absolute atomic E-state index is 0. The number of nitrogens with zero attached hydrogens (tertiary/aromatic N) is 3. The van der Waals surface area contributed by atoms with E-state index < -0.39 is 0 Å². The number of guanidine groups is 1. The third kappa shape index (κ3) is 8.54. The Morgan fingerprint density at radius 3 is 2.45 bits per heavy atom. The number of aliphatic imine (C=N–C) groups is 1. The van der Waals surface area contributed by atoms with Gasteiger partial charge in [0.1, 0.15) is 0 Å². The lowest BCUT2D eigenvalue weighted by molar-refractivity contribution is 0.287. The Bertz CT molecular complexity index is 810. The van der Waals surface area contributed by atoms with Gasteiger partial charge in [0, 0.05) is 25.9 Å². The molecule has 0 saturated heterocycles. The number of halogens is 1. The fourth-order valence-electron chi connectivity index (χ4n) is 2.87. The van der Waals surface area contributed by atoms with E-state index in [1.54, 1.807) is 7.05 Å². The standard InChI is InChI=1S/C22H35N5O3.HI/c1-7-28-18-12-11-17(14-19(18)29-8-2)16(5)25-22(23-6)24-13-9-10-20-26-21(15(3)4)27-30-20;/h11-12,14-16H,7-10,13H2,1-6H3,(H2,23,24,25);1H. The van der Waals surface area contributed by atoms with Crippen LogP contribution in [0.3, 0.4) is 0 Å². The van der Waals surface area contributed by atoms with Gasteiger partial charge in [0.2, 0.25) is 5.89 Å². The molecule has 0 fully saturated rings. The van der Waals surface area contributed by atoms with Crippen LogP contribution in [0.4, 0.5) is 0 Å². The second-order valence-corrected chi connectivity index (χ2v) is 7.24. The third-order valence-electron chi connectivity index (χ3n) is 4.50. The van der Waals surface area contributed by atoms with Crippen molar-refractivity contribution in [2.75, 3.05) is 26.8 Å². The molecule has 2 rings (SSSR count). The van der Waals surface area contributed by atoms with Crippen molar-refractivity contribution in [2.45, 2.75) is 59.4 Å². The summed E-state index contributed by atoms with van der Waals surface area (Å²) in [5.41, 5.74) is 1.09. The Balaban J connectivity index is 0.00000480. The largest absolute Gasteiger partial charge is 0.490 e. The average molecular weight is 545 g/mol. The van der Waals surface area contributed by atoms with Gasteiger partial charge in [-0.3, -0.25) is 4.99 Å². The highest BCUT2D eigenvalue weighted by Gasteiger charge is 2.13. The Hall–Kier alpha value is -2.04. The Morgan fingerprint density at radius 1 is 1.13 bits per heavy atom. The van der Waals surface area contributed by atoms with Gasteiger partial charge in [0.25, 0.3) is 0 Å². The molecule has 31 heavy (non-hydrogen) atoms. The molecule has 1 aromatic carbocycles. The van der Waals surface area contributed by atoms with Gasteiger partial charge in [-0.05, 0) is 44.9 Å². The number of ether oxygens (including phenoxy) is 2. The Morgan fingerprint density at radius 2 is 1.84 bits per heavy atom. The fraction of sp³-hybridized carbons (Fsp3) is 0.591. The fourth-order valence-corrected chi connectivity index (χ4v) is 2.87. The van der Waals surface area contributed by atoms with Gasteiger partial charge in [-0.1, -0.05) is 25.1 Å². The van der Waals surface area contributed by atoms with Crippen LogP contribution in [-0.2, 0) is 6.42 Å². The smallest absolute Gasteiger partial charge is 0.226 e. The summed E-state index contributed by atoms with van der Waals surface area (Å²) in [6.45, 7) is 12.1. The minimum Gasteiger partial charge on any atom is -0.490 e. The summed E-state index contributed by atoms with van der Waals surface area (Å²) in [6.07, 6.45) is 1.60. The predicted molar refractivity (Wildman–Crippen MR) is 134 cm³/mol. The lowest BCUT2D eigenvalue weighted by atomic mass is 10.1. The molecule has 1 heterocycles. The zero-order valence-electron chi connectivity index (χ0n) is 19.4. The SMILES string of the molecule is CCOc1ccc(C(C)NC(=NC)NCCCc2nc(C(C)C)no2)cc1OCC.I. The van der Waals surface area contributed by atoms with Crippen LogP contribution >= 0.6 is 24.0 Å². The monoisotopic (exact) mass is 545 g/mol. The van der Waals surface area contributed by atoms with Crippen molar-refractivity contribution in [3.8, 4) is 11.5 Å². The molecule has 1 atom stereocenters. The van der Waals surface area contributed by atoms with E-state index in [1.165, 1.54) is 0 Å². The van der Waals surface area contributed by atoms with E-state index in [4.69, 9.17) is 14.0 Å². The van der Waals surface area contributed by atoms with Crippen LogP contribution in [0.15, 0.2) is 27.7 Å². The number of hydrogen-bond donors (Lipinski definition) is 2. The molecule has 9 heteroatoms. The van der Waals surface area contributed by atoms with Crippen molar-refractivity contribution < 1.29 is 14.0 Å². The molecule has 174 valence electrons. The molecule has 1 aromatic heterocycles. The van der Waals surface area contributed by atoms with E-state index >= 15 is 0 Å². The summed E-state index contributed by atoms with van der Waals surface area (Å²) in [5, 5.41) is 10.7. The highest BCUT2D eigenvalue weighted by molar-refractivity contribution is 14.0. The first-order valence-corrected chi connectivity index (χ1v) is 10.7. The van der Waals surface area contributed by atoms with Crippen LogP contribution in [0.5, 0.6) is 11.5 Å². The summed E-state index contributed by atoms with van der Waals surface area (Å²) in [6, 6.07) is 6.06. The van der Waals surface area contributed by atoms with Crippen LogP contribution in [0, 0.1) is 0 Å². The topological polar surface area (TPSA) is 93.8 Å². The number of rotatable bonds is 11. The highest BCUT2D eigenvalue weighted by atomic mass is 127. The Labute approximate surface area is 202 Å². The second-order valence-electron chi connectivity index (χ2n) is 7.24. The zero-order chi connectivity index (χ0) is 21.9. The first kappa shape index (κ1) is 27.0. The van der Waals surface area contributed by atoms with Crippen LogP contribution in [-0.4, -0.2) is 42.9 Å². The molecule has 0 aliphatic rings. The van der Waals surface area contributed by atoms with E-state index in [1.807, 2.05) is 32.0 Å². The first-order valence-electron chi connectivity index (χ1n) is 10.7. The molecule has 1 unspecified atom stereocenters. The highest BCUT2D eigenvalue weighted by Crippen LogP contribution is 2.30. The average Bonchev–Trinajstić information content (AvgIpc) is 3.21. The van der Waals surface area contributed by atoms with E-state index in [9.17, 15) is 0 Å². The summed E-state index contributed by atoms with van der Waals surface area (Å²) >= 11 is 0. The number of nitrogens with one attached hydrogen (secondary N) is 2. The molecule has 0 bridgehead atoms. The van der Waals surface area contributed by atoms with Crippen molar-refractivity contribution >= 4 is 29.9 Å². The third-order valence-corrected chi connectivity index (χ3v) is 4.50. The van der Waals surface area contributed by atoms with Crippen molar-refractivity contribution in [1.29, 1.82) is 0 Å². The maximum atomic E-state index is 5.73. The molecule has 0 spiro atoms. The molecule has 0 saturated carbocycles. The quantitative estimate of drug-likeness (QED) is 0.186. The van der Waals surface area contributed by atoms with Crippen molar-refractivity contribution in [1.82, 2.24) is 20.8 Å². The van der Waals surface area contributed by atoms with Crippen molar-refractivity contribution in [2.24, 2.45) is 4.99 Å². The number of benzene rings is 1. The summed E-state index contributed by atoms with van der Waals surface area (Å²) in [7, 11) is 1.76. The molecular weight excluding hydrogens is 509 g/mol. The van der Waals surface area contributed by atoms with Crippen molar-refractivity contribution in [3.63, 3.8) is 0 Å². The lowest BCUT2D eigenvalue weighted by Crippen LogP contribution is -2.39. The molecular formula is C22H36IN5O3. The molecule has 8 nitrogen and oxygen atoms in total. The van der Waals surface area contributed by atoms with Crippen LogP contribution < -0.4 is 20.1 Å². The summed E-state index contributed by atoms with van der Waals surface area (Å²) < 4.78 is 16.7. The second kappa shape index (κ2) is 14.1. The summed E-state index contributed by atoms with van der Waals surface area (Å²) in [4.78, 5) is 8.72. The van der Waals surface area contributed by atoms with E-state index in [0.29, 0.717) is 19.1 Å². The molecule has 0 aliphatic heterocycles. The number of hydrogen-bond acceptors (Lipinski definition) is 6. The van der Waals surface area contributed by atoms with Crippen LogP contribution in [0.1, 0.15) is 70.3 Å². The van der Waals surface area contributed by atoms with Gasteiger partial charge >= 0.3 is 0 Å². The van der Waals surface area contributed by atoms with E-state index in [-0.39, 0.29) is 35.9 Å².